The Kier molecular flexibility index (Phi) is 4.70. The summed E-state index contributed by atoms with van der Waals surface area (Å²) >= 11 is 0. The zero-order valence-electron chi connectivity index (χ0n) is 8.37. The van der Waals surface area contributed by atoms with E-state index < -0.39 is 0 Å². The van der Waals surface area contributed by atoms with E-state index in [2.05, 4.69) is 12.2 Å². The smallest absolute Gasteiger partial charge is 0.0693 e. The van der Waals surface area contributed by atoms with Crippen molar-refractivity contribution in [1.82, 2.24) is 5.32 Å². The molecule has 78 valence electrons. The van der Waals surface area contributed by atoms with Crippen molar-refractivity contribution in [3.05, 3.63) is 0 Å². The Morgan fingerprint density at radius 1 is 1.38 bits per heavy atom. The molecule has 1 aliphatic rings. The van der Waals surface area contributed by atoms with Crippen LogP contribution in [0.5, 0.6) is 0 Å². The highest BCUT2D eigenvalue weighted by atomic mass is 16.3. The number of aliphatic hydroxyl groups is 2. The van der Waals surface area contributed by atoms with Crippen LogP contribution in [0.3, 0.4) is 0 Å². The molecule has 0 aromatic heterocycles. The van der Waals surface area contributed by atoms with Gasteiger partial charge in [0, 0.05) is 18.7 Å². The van der Waals surface area contributed by atoms with E-state index in [1.54, 1.807) is 0 Å². The molecule has 0 radical (unpaired) electrons. The predicted molar refractivity (Wildman–Crippen MR) is 52.6 cm³/mol. The quantitative estimate of drug-likeness (QED) is 0.605. The van der Waals surface area contributed by atoms with E-state index in [0.717, 1.165) is 25.7 Å². The minimum absolute atomic E-state index is 0.185. The highest BCUT2D eigenvalue weighted by molar-refractivity contribution is 4.82. The van der Waals surface area contributed by atoms with Gasteiger partial charge >= 0.3 is 0 Å². The van der Waals surface area contributed by atoms with Gasteiger partial charge in [0.15, 0.2) is 0 Å². The van der Waals surface area contributed by atoms with Crippen molar-refractivity contribution < 1.29 is 10.2 Å². The van der Waals surface area contributed by atoms with E-state index in [9.17, 15) is 5.11 Å². The second-order valence-corrected chi connectivity index (χ2v) is 4.04. The van der Waals surface area contributed by atoms with Crippen molar-refractivity contribution in [1.29, 1.82) is 0 Å². The third-order valence-corrected chi connectivity index (χ3v) is 2.79. The number of hydrogen-bond acceptors (Lipinski definition) is 3. The molecule has 0 aromatic rings. The molecule has 0 aromatic carbocycles. The molecule has 3 N–H and O–H groups in total. The van der Waals surface area contributed by atoms with Gasteiger partial charge in [-0.3, -0.25) is 0 Å². The fourth-order valence-electron chi connectivity index (χ4n) is 1.95. The molecule has 0 spiro atoms. The van der Waals surface area contributed by atoms with E-state index in [1.165, 1.54) is 6.42 Å². The SMILES string of the molecule is CC(CCO)N[C@@H]1CCCC[C@H]1O. The van der Waals surface area contributed by atoms with Crippen molar-refractivity contribution >= 4 is 0 Å². The highest BCUT2D eigenvalue weighted by Gasteiger charge is 2.23. The topological polar surface area (TPSA) is 52.5 Å². The maximum atomic E-state index is 9.66. The minimum atomic E-state index is -0.185. The first kappa shape index (κ1) is 11.0. The lowest BCUT2D eigenvalue weighted by atomic mass is 9.92. The van der Waals surface area contributed by atoms with Gasteiger partial charge in [0.2, 0.25) is 0 Å². The Hall–Kier alpha value is -0.120. The molecule has 1 aliphatic carbocycles. The van der Waals surface area contributed by atoms with Crippen molar-refractivity contribution in [2.45, 2.75) is 57.2 Å². The number of nitrogens with one attached hydrogen (secondary N) is 1. The molecule has 1 fully saturated rings. The summed E-state index contributed by atoms with van der Waals surface area (Å²) in [7, 11) is 0. The van der Waals surface area contributed by atoms with Crippen molar-refractivity contribution in [2.24, 2.45) is 0 Å². The normalized spacial score (nSPS) is 31.6. The molecule has 0 bridgehead atoms. The Labute approximate surface area is 80.2 Å². The van der Waals surface area contributed by atoms with Crippen LogP contribution in [0.1, 0.15) is 39.0 Å². The summed E-state index contributed by atoms with van der Waals surface area (Å²) in [5, 5.41) is 21.8. The van der Waals surface area contributed by atoms with Crippen LogP contribution in [0.25, 0.3) is 0 Å². The Morgan fingerprint density at radius 3 is 2.69 bits per heavy atom. The molecule has 1 rings (SSSR count). The molecular weight excluding hydrogens is 166 g/mol. The van der Waals surface area contributed by atoms with Crippen molar-refractivity contribution in [3.63, 3.8) is 0 Å². The summed E-state index contributed by atoms with van der Waals surface area (Å²) < 4.78 is 0. The van der Waals surface area contributed by atoms with Crippen LogP contribution in [0, 0.1) is 0 Å². The molecular formula is C10H21NO2. The monoisotopic (exact) mass is 187 g/mol. The Morgan fingerprint density at radius 2 is 2.08 bits per heavy atom. The molecule has 1 saturated carbocycles. The number of aliphatic hydroxyl groups excluding tert-OH is 2. The van der Waals surface area contributed by atoms with Crippen LogP contribution in [0.4, 0.5) is 0 Å². The van der Waals surface area contributed by atoms with Crippen molar-refractivity contribution in [3.8, 4) is 0 Å². The van der Waals surface area contributed by atoms with Gasteiger partial charge in [-0.25, -0.2) is 0 Å². The summed E-state index contributed by atoms with van der Waals surface area (Å²) in [5.74, 6) is 0. The molecule has 3 atom stereocenters. The van der Waals surface area contributed by atoms with E-state index in [1.807, 2.05) is 0 Å². The van der Waals surface area contributed by atoms with Crippen LogP contribution >= 0.6 is 0 Å². The molecule has 0 heterocycles. The zero-order valence-corrected chi connectivity index (χ0v) is 8.37. The summed E-state index contributed by atoms with van der Waals surface area (Å²) in [6.45, 7) is 2.27. The molecule has 0 amide bonds. The predicted octanol–water partition coefficient (Wildman–Crippen LogP) is 0.650. The lowest BCUT2D eigenvalue weighted by Gasteiger charge is -2.31. The van der Waals surface area contributed by atoms with Crippen molar-refractivity contribution in [2.75, 3.05) is 6.61 Å². The van der Waals surface area contributed by atoms with Gasteiger partial charge in [-0.2, -0.15) is 0 Å². The summed E-state index contributed by atoms with van der Waals surface area (Å²) in [6.07, 6.45) is 4.92. The Balaban J connectivity index is 2.25. The zero-order chi connectivity index (χ0) is 9.68. The molecule has 3 heteroatoms. The van der Waals surface area contributed by atoms with Crippen LogP contribution in [0.2, 0.25) is 0 Å². The second kappa shape index (κ2) is 5.58. The van der Waals surface area contributed by atoms with Gasteiger partial charge in [-0.05, 0) is 26.2 Å². The van der Waals surface area contributed by atoms with Crippen LogP contribution < -0.4 is 5.32 Å². The van der Waals surface area contributed by atoms with Crippen LogP contribution in [0.15, 0.2) is 0 Å². The van der Waals surface area contributed by atoms with Gasteiger partial charge in [0.25, 0.3) is 0 Å². The average Bonchev–Trinajstić information content (AvgIpc) is 2.09. The molecule has 0 aliphatic heterocycles. The molecule has 13 heavy (non-hydrogen) atoms. The maximum Gasteiger partial charge on any atom is 0.0693 e. The average molecular weight is 187 g/mol. The first-order chi connectivity index (χ1) is 6.24. The molecule has 0 saturated heterocycles. The number of rotatable bonds is 4. The van der Waals surface area contributed by atoms with Gasteiger partial charge in [0.05, 0.1) is 6.10 Å². The third kappa shape index (κ3) is 3.63. The highest BCUT2D eigenvalue weighted by Crippen LogP contribution is 2.18. The van der Waals surface area contributed by atoms with Gasteiger partial charge in [0.1, 0.15) is 0 Å². The van der Waals surface area contributed by atoms with Gasteiger partial charge in [-0.1, -0.05) is 12.8 Å². The maximum absolute atomic E-state index is 9.66. The van der Waals surface area contributed by atoms with Crippen LogP contribution in [-0.4, -0.2) is 35.0 Å². The number of hydrogen-bond donors (Lipinski definition) is 3. The minimum Gasteiger partial charge on any atom is -0.396 e. The van der Waals surface area contributed by atoms with E-state index in [-0.39, 0.29) is 18.8 Å². The summed E-state index contributed by atoms with van der Waals surface area (Å²) in [5.41, 5.74) is 0. The lowest BCUT2D eigenvalue weighted by Crippen LogP contribution is -2.46. The fourth-order valence-corrected chi connectivity index (χ4v) is 1.95. The standard InChI is InChI=1S/C10H21NO2/c1-8(6-7-12)11-9-4-2-3-5-10(9)13/h8-13H,2-7H2,1H3/t8?,9-,10-/m1/s1. The third-order valence-electron chi connectivity index (χ3n) is 2.79. The molecule has 3 nitrogen and oxygen atoms in total. The van der Waals surface area contributed by atoms with Gasteiger partial charge in [-0.15, -0.1) is 0 Å². The fraction of sp³-hybridized carbons (Fsp3) is 1.00. The first-order valence-electron chi connectivity index (χ1n) is 5.29. The summed E-state index contributed by atoms with van der Waals surface area (Å²) in [4.78, 5) is 0. The molecule has 1 unspecified atom stereocenters. The first-order valence-corrected chi connectivity index (χ1v) is 5.29. The van der Waals surface area contributed by atoms with Gasteiger partial charge < -0.3 is 15.5 Å². The lowest BCUT2D eigenvalue weighted by molar-refractivity contribution is 0.0837. The van der Waals surface area contributed by atoms with E-state index >= 15 is 0 Å². The Bertz CT molecular complexity index is 141. The second-order valence-electron chi connectivity index (χ2n) is 4.04. The van der Waals surface area contributed by atoms with E-state index in [0.29, 0.717) is 6.04 Å². The largest absolute Gasteiger partial charge is 0.396 e. The summed E-state index contributed by atoms with van der Waals surface area (Å²) in [6, 6.07) is 0.554. The van der Waals surface area contributed by atoms with E-state index in [4.69, 9.17) is 5.11 Å². The van der Waals surface area contributed by atoms with Crippen LogP contribution in [-0.2, 0) is 0 Å².